The molecule has 21 heavy (non-hydrogen) atoms. The van der Waals surface area contributed by atoms with Gasteiger partial charge >= 0.3 is 5.69 Å². The first-order valence-electron chi connectivity index (χ1n) is 6.19. The second-order valence-electron chi connectivity index (χ2n) is 4.51. The molecule has 106 valence electrons. The molecule has 5 nitrogen and oxygen atoms in total. The van der Waals surface area contributed by atoms with Crippen molar-refractivity contribution in [3.05, 3.63) is 62.5 Å². The van der Waals surface area contributed by atoms with Gasteiger partial charge in [-0.05, 0) is 36.4 Å². The molecule has 0 unspecified atom stereocenters. The first kappa shape index (κ1) is 13.6. The van der Waals surface area contributed by atoms with E-state index in [9.17, 15) is 9.59 Å². The predicted octanol–water partition coefficient (Wildman–Crippen LogP) is 2.86. The van der Waals surface area contributed by atoms with Crippen LogP contribution in [-0.4, -0.2) is 22.9 Å². The molecule has 0 radical (unpaired) electrons. The summed E-state index contributed by atoms with van der Waals surface area (Å²) in [6, 6.07) is 10.3. The van der Waals surface area contributed by atoms with Crippen LogP contribution in [0.1, 0.15) is 15.9 Å². The summed E-state index contributed by atoms with van der Waals surface area (Å²) >= 11 is 3.34. The maximum absolute atomic E-state index is 12.6. The van der Waals surface area contributed by atoms with E-state index < -0.39 is 0 Å². The average molecular weight is 347 g/mol. The Morgan fingerprint density at radius 1 is 1.10 bits per heavy atom. The summed E-state index contributed by atoms with van der Waals surface area (Å²) in [7, 11) is 1.52. The zero-order chi connectivity index (χ0) is 15.0. The third kappa shape index (κ3) is 2.50. The molecule has 3 rings (SSSR count). The predicted molar refractivity (Wildman–Crippen MR) is 83.0 cm³/mol. The Balaban J connectivity index is 2.09. The molecule has 0 aliphatic heterocycles. The number of imidazole rings is 1. The fourth-order valence-electron chi connectivity index (χ4n) is 2.18. The van der Waals surface area contributed by atoms with Crippen molar-refractivity contribution in [3.63, 3.8) is 0 Å². The van der Waals surface area contributed by atoms with Crippen molar-refractivity contribution in [3.8, 4) is 5.75 Å². The summed E-state index contributed by atoms with van der Waals surface area (Å²) < 4.78 is 6.08. The van der Waals surface area contributed by atoms with Crippen molar-refractivity contribution in [1.29, 1.82) is 0 Å². The molecule has 0 atom stereocenters. The number of aromatic amines is 2. The maximum atomic E-state index is 12.6. The summed E-state index contributed by atoms with van der Waals surface area (Å²) in [6.45, 7) is 0. The Kier molecular flexibility index (Phi) is 3.39. The number of halogens is 1. The molecule has 0 aliphatic rings. The number of benzene rings is 2. The highest BCUT2D eigenvalue weighted by Crippen LogP contribution is 2.26. The topological polar surface area (TPSA) is 75.0 Å². The van der Waals surface area contributed by atoms with E-state index in [0.29, 0.717) is 27.9 Å². The van der Waals surface area contributed by atoms with Gasteiger partial charge in [0.25, 0.3) is 0 Å². The van der Waals surface area contributed by atoms with Crippen LogP contribution in [0.5, 0.6) is 5.75 Å². The van der Waals surface area contributed by atoms with Crippen molar-refractivity contribution in [2.24, 2.45) is 0 Å². The lowest BCUT2D eigenvalue weighted by atomic mass is 10.0. The average Bonchev–Trinajstić information content (AvgIpc) is 2.85. The van der Waals surface area contributed by atoms with Gasteiger partial charge in [0.15, 0.2) is 5.78 Å². The van der Waals surface area contributed by atoms with Crippen LogP contribution in [0.15, 0.2) is 45.7 Å². The minimum Gasteiger partial charge on any atom is -0.496 e. The van der Waals surface area contributed by atoms with Crippen molar-refractivity contribution < 1.29 is 9.53 Å². The number of H-pyrrole nitrogens is 2. The van der Waals surface area contributed by atoms with E-state index in [1.54, 1.807) is 36.4 Å². The van der Waals surface area contributed by atoms with Gasteiger partial charge in [-0.15, -0.1) is 0 Å². The van der Waals surface area contributed by atoms with Crippen LogP contribution >= 0.6 is 15.9 Å². The Bertz CT molecular complexity index is 895. The first-order chi connectivity index (χ1) is 10.1. The lowest BCUT2D eigenvalue weighted by Crippen LogP contribution is -2.04. The summed E-state index contributed by atoms with van der Waals surface area (Å²) in [5.74, 6) is 0.334. The number of fused-ring (bicyclic) bond motifs is 1. The minimum absolute atomic E-state index is 0.164. The maximum Gasteiger partial charge on any atom is 0.323 e. The van der Waals surface area contributed by atoms with Crippen LogP contribution in [0, 0.1) is 0 Å². The van der Waals surface area contributed by atoms with Crippen LogP contribution in [0.4, 0.5) is 0 Å². The third-order valence-electron chi connectivity index (χ3n) is 3.19. The second kappa shape index (κ2) is 5.21. The zero-order valence-electron chi connectivity index (χ0n) is 11.1. The molecular formula is C15H11BrN2O3. The highest BCUT2D eigenvalue weighted by atomic mass is 79.9. The van der Waals surface area contributed by atoms with Crippen LogP contribution in [0.2, 0.25) is 0 Å². The van der Waals surface area contributed by atoms with Crippen molar-refractivity contribution in [1.82, 2.24) is 9.97 Å². The molecule has 2 aromatic carbocycles. The number of methoxy groups -OCH3 is 1. The Morgan fingerprint density at radius 2 is 1.86 bits per heavy atom. The number of ether oxygens (including phenoxy) is 1. The van der Waals surface area contributed by atoms with Gasteiger partial charge in [0.05, 0.1) is 23.7 Å². The van der Waals surface area contributed by atoms with Gasteiger partial charge in [-0.25, -0.2) is 4.79 Å². The van der Waals surface area contributed by atoms with Crippen LogP contribution < -0.4 is 10.4 Å². The van der Waals surface area contributed by atoms with Crippen LogP contribution in [0.25, 0.3) is 11.0 Å². The lowest BCUT2D eigenvalue weighted by molar-refractivity contribution is 0.103. The number of hydrogen-bond donors (Lipinski definition) is 2. The smallest absolute Gasteiger partial charge is 0.323 e. The molecule has 0 aliphatic carbocycles. The van der Waals surface area contributed by atoms with Gasteiger partial charge in [-0.2, -0.15) is 0 Å². The van der Waals surface area contributed by atoms with E-state index in [-0.39, 0.29) is 11.5 Å². The van der Waals surface area contributed by atoms with Crippen LogP contribution in [-0.2, 0) is 0 Å². The van der Waals surface area contributed by atoms with Crippen molar-refractivity contribution in [2.75, 3.05) is 7.11 Å². The van der Waals surface area contributed by atoms with Crippen LogP contribution in [0.3, 0.4) is 0 Å². The standard InChI is InChI=1S/C15H11BrN2O3/c1-21-13-7-9(16)3-4-10(13)14(19)8-2-5-11-12(6-8)18-15(20)17-11/h2-7H,1H3,(H2,17,18,20). The molecule has 0 saturated heterocycles. The molecule has 0 fully saturated rings. The molecule has 1 aromatic heterocycles. The van der Waals surface area contributed by atoms with Gasteiger partial charge < -0.3 is 14.7 Å². The fourth-order valence-corrected chi connectivity index (χ4v) is 2.52. The summed E-state index contributed by atoms with van der Waals surface area (Å²) in [6.07, 6.45) is 0. The molecule has 3 aromatic rings. The van der Waals surface area contributed by atoms with Gasteiger partial charge in [0.1, 0.15) is 5.75 Å². The normalized spacial score (nSPS) is 10.8. The van der Waals surface area contributed by atoms with Gasteiger partial charge in [-0.1, -0.05) is 15.9 Å². The largest absolute Gasteiger partial charge is 0.496 e. The number of nitrogens with one attached hydrogen (secondary N) is 2. The number of carbonyl (C=O) groups excluding carboxylic acids is 1. The highest BCUT2D eigenvalue weighted by molar-refractivity contribution is 9.10. The highest BCUT2D eigenvalue weighted by Gasteiger charge is 2.15. The summed E-state index contributed by atoms with van der Waals surface area (Å²) in [5.41, 5.74) is 1.92. The van der Waals surface area contributed by atoms with E-state index in [4.69, 9.17) is 4.74 Å². The fraction of sp³-hybridized carbons (Fsp3) is 0.0667. The minimum atomic E-state index is -0.296. The van der Waals surface area contributed by atoms with Gasteiger partial charge in [-0.3, -0.25) is 4.79 Å². The number of aromatic nitrogens is 2. The lowest BCUT2D eigenvalue weighted by Gasteiger charge is -2.08. The third-order valence-corrected chi connectivity index (χ3v) is 3.68. The molecular weight excluding hydrogens is 336 g/mol. The monoisotopic (exact) mass is 346 g/mol. The van der Waals surface area contributed by atoms with Crippen molar-refractivity contribution in [2.45, 2.75) is 0 Å². The molecule has 6 heteroatoms. The SMILES string of the molecule is COc1cc(Br)ccc1C(=O)c1ccc2[nH]c(=O)[nH]c2c1. The number of hydrogen-bond acceptors (Lipinski definition) is 3. The Hall–Kier alpha value is -2.34. The Morgan fingerprint density at radius 3 is 2.62 bits per heavy atom. The van der Waals surface area contributed by atoms with E-state index in [0.717, 1.165) is 4.47 Å². The molecule has 1 heterocycles. The second-order valence-corrected chi connectivity index (χ2v) is 5.43. The molecule has 2 N–H and O–H groups in total. The molecule has 0 spiro atoms. The quantitative estimate of drug-likeness (QED) is 0.716. The molecule has 0 bridgehead atoms. The summed E-state index contributed by atoms with van der Waals surface area (Å²) in [5, 5.41) is 0. The van der Waals surface area contributed by atoms with Gasteiger partial charge in [0.2, 0.25) is 0 Å². The van der Waals surface area contributed by atoms with E-state index in [1.807, 2.05) is 0 Å². The van der Waals surface area contributed by atoms with E-state index in [1.165, 1.54) is 7.11 Å². The first-order valence-corrected chi connectivity index (χ1v) is 6.98. The van der Waals surface area contributed by atoms with Gasteiger partial charge in [0, 0.05) is 10.0 Å². The summed E-state index contributed by atoms with van der Waals surface area (Å²) in [4.78, 5) is 29.1. The van der Waals surface area contributed by atoms with E-state index in [2.05, 4.69) is 25.9 Å². The van der Waals surface area contributed by atoms with Crippen molar-refractivity contribution >= 4 is 32.7 Å². The molecule has 0 amide bonds. The molecule has 0 saturated carbocycles. The Labute approximate surface area is 128 Å². The van der Waals surface area contributed by atoms with E-state index >= 15 is 0 Å². The zero-order valence-corrected chi connectivity index (χ0v) is 12.7. The number of carbonyl (C=O) groups is 1. The number of ketones is 1. The number of rotatable bonds is 3.